The van der Waals surface area contributed by atoms with Gasteiger partial charge in [0.05, 0.1) is 12.0 Å². The minimum absolute atomic E-state index is 0.0402. The van der Waals surface area contributed by atoms with E-state index in [0.717, 1.165) is 19.3 Å². The number of carbonyl (C=O) groups is 2. The number of cyclic esters (lactones) is 1. The highest BCUT2D eigenvalue weighted by molar-refractivity contribution is 5.76. The number of hydrogen-bond acceptors (Lipinski definition) is 5. The predicted octanol–water partition coefficient (Wildman–Crippen LogP) is 3.80. The lowest BCUT2D eigenvalue weighted by atomic mass is 9.80. The van der Waals surface area contributed by atoms with Gasteiger partial charge >= 0.3 is 12.1 Å². The Hall–Kier alpha value is -1.30. The number of hydrogen-bond donors (Lipinski definition) is 2. The molecular formula is C21H37NO5. The smallest absolute Gasteiger partial charge is 0.408 e. The summed E-state index contributed by atoms with van der Waals surface area (Å²) in [6.45, 7) is 9.40. The summed E-state index contributed by atoms with van der Waals surface area (Å²) in [4.78, 5) is 24.7. The normalized spacial score (nSPS) is 29.1. The fraction of sp³-hybridized carbons (Fsp3) is 0.905. The lowest BCUT2D eigenvalue weighted by Gasteiger charge is -2.32. The molecule has 2 N–H and O–H groups in total. The monoisotopic (exact) mass is 383 g/mol. The van der Waals surface area contributed by atoms with E-state index in [1.54, 1.807) is 20.8 Å². The summed E-state index contributed by atoms with van der Waals surface area (Å²) in [7, 11) is 0. The zero-order valence-corrected chi connectivity index (χ0v) is 17.5. The number of carbonyl (C=O) groups excluding carboxylic acids is 2. The van der Waals surface area contributed by atoms with Gasteiger partial charge in [0.25, 0.3) is 0 Å². The number of aliphatic hydroxyl groups is 1. The van der Waals surface area contributed by atoms with E-state index < -0.39 is 35.9 Å². The van der Waals surface area contributed by atoms with E-state index in [-0.39, 0.29) is 11.9 Å². The van der Waals surface area contributed by atoms with Gasteiger partial charge in [-0.3, -0.25) is 4.79 Å². The summed E-state index contributed by atoms with van der Waals surface area (Å²) >= 11 is 0. The lowest BCUT2D eigenvalue weighted by molar-refractivity contribution is -0.146. The standard InChI is InChI=1S/C21H37NO5/c1-6-13(2)16(22-20(25)27-21(3,4)5)18-17(23)15(19(24)26-18)12-14-10-8-7-9-11-14/h13-18,23H,6-12H2,1-5H3,(H,22,25)/t13?,15-,16-,17-,18-/m0/s1. The molecule has 0 spiro atoms. The molecule has 0 bridgehead atoms. The van der Waals surface area contributed by atoms with Crippen molar-refractivity contribution in [3.8, 4) is 0 Å². The van der Waals surface area contributed by atoms with Crippen molar-refractivity contribution in [2.24, 2.45) is 17.8 Å². The number of esters is 1. The van der Waals surface area contributed by atoms with Crippen molar-refractivity contribution in [1.29, 1.82) is 0 Å². The fourth-order valence-corrected chi connectivity index (χ4v) is 4.21. The molecule has 0 radical (unpaired) electrons. The molecule has 1 saturated heterocycles. The van der Waals surface area contributed by atoms with E-state index in [2.05, 4.69) is 5.32 Å². The van der Waals surface area contributed by atoms with Crippen LogP contribution in [0.3, 0.4) is 0 Å². The Kier molecular flexibility index (Phi) is 7.55. The zero-order chi connectivity index (χ0) is 20.2. The molecule has 1 saturated carbocycles. The first-order valence-electron chi connectivity index (χ1n) is 10.5. The summed E-state index contributed by atoms with van der Waals surface area (Å²) in [5.74, 6) is -0.313. The van der Waals surface area contributed by atoms with Crippen molar-refractivity contribution in [2.75, 3.05) is 0 Å². The van der Waals surface area contributed by atoms with Gasteiger partial charge in [0, 0.05) is 0 Å². The van der Waals surface area contributed by atoms with Gasteiger partial charge in [0.1, 0.15) is 17.8 Å². The molecule has 0 aromatic rings. The van der Waals surface area contributed by atoms with Crippen LogP contribution >= 0.6 is 0 Å². The summed E-state index contributed by atoms with van der Waals surface area (Å²) in [6.07, 6.45) is 5.17. The molecule has 1 aliphatic carbocycles. The van der Waals surface area contributed by atoms with E-state index in [1.807, 2.05) is 13.8 Å². The van der Waals surface area contributed by atoms with Crippen LogP contribution in [0, 0.1) is 17.8 Å². The molecular weight excluding hydrogens is 346 g/mol. The Bertz CT molecular complexity index is 509. The van der Waals surface area contributed by atoms with Crippen LogP contribution in [0.25, 0.3) is 0 Å². The highest BCUT2D eigenvalue weighted by Gasteiger charge is 2.49. The molecule has 27 heavy (non-hydrogen) atoms. The summed E-state index contributed by atoms with van der Waals surface area (Å²) in [5.41, 5.74) is -0.613. The molecule has 1 unspecified atom stereocenters. The average molecular weight is 384 g/mol. The molecule has 2 fully saturated rings. The van der Waals surface area contributed by atoms with Crippen molar-refractivity contribution >= 4 is 12.1 Å². The van der Waals surface area contributed by atoms with Crippen molar-refractivity contribution in [3.63, 3.8) is 0 Å². The molecule has 1 aliphatic heterocycles. The minimum Gasteiger partial charge on any atom is -0.457 e. The summed E-state index contributed by atoms with van der Waals surface area (Å²) in [5, 5.41) is 13.7. The van der Waals surface area contributed by atoms with Crippen molar-refractivity contribution < 1.29 is 24.2 Å². The third-order valence-electron chi connectivity index (χ3n) is 5.91. The first kappa shape index (κ1) is 22.0. The third-order valence-corrected chi connectivity index (χ3v) is 5.91. The number of alkyl carbamates (subject to hydrolysis) is 1. The van der Waals surface area contributed by atoms with Gasteiger partial charge in [0.2, 0.25) is 0 Å². The Labute approximate surface area is 163 Å². The van der Waals surface area contributed by atoms with Gasteiger partial charge in [-0.1, -0.05) is 52.4 Å². The molecule has 1 heterocycles. The molecule has 6 heteroatoms. The Balaban J connectivity index is 2.06. The summed E-state index contributed by atoms with van der Waals surface area (Å²) < 4.78 is 10.9. The van der Waals surface area contributed by atoms with Crippen LogP contribution in [0.2, 0.25) is 0 Å². The van der Waals surface area contributed by atoms with E-state index >= 15 is 0 Å². The van der Waals surface area contributed by atoms with Crippen molar-refractivity contribution in [3.05, 3.63) is 0 Å². The maximum Gasteiger partial charge on any atom is 0.408 e. The Morgan fingerprint density at radius 1 is 1.30 bits per heavy atom. The number of nitrogens with one attached hydrogen (secondary N) is 1. The molecule has 0 aromatic heterocycles. The number of amides is 1. The highest BCUT2D eigenvalue weighted by atomic mass is 16.6. The molecule has 6 nitrogen and oxygen atoms in total. The molecule has 1 amide bonds. The van der Waals surface area contributed by atoms with Crippen LogP contribution in [-0.2, 0) is 14.3 Å². The first-order chi connectivity index (χ1) is 12.6. The third kappa shape index (κ3) is 6.09. The SMILES string of the molecule is CCC(C)[C@H](NC(=O)OC(C)(C)C)[C@@H]1OC(=O)[C@@H](CC2CCCCC2)[C@@H]1O. The van der Waals surface area contributed by atoms with E-state index in [9.17, 15) is 14.7 Å². The minimum atomic E-state index is -0.895. The Morgan fingerprint density at radius 2 is 1.93 bits per heavy atom. The topological polar surface area (TPSA) is 84.9 Å². The number of ether oxygens (including phenoxy) is 2. The maximum absolute atomic E-state index is 12.5. The summed E-state index contributed by atoms with van der Waals surface area (Å²) in [6, 6.07) is -0.472. The van der Waals surface area contributed by atoms with Gasteiger partial charge in [0.15, 0.2) is 0 Å². The van der Waals surface area contributed by atoms with Crippen molar-refractivity contribution in [1.82, 2.24) is 5.32 Å². The number of rotatable bonds is 6. The Morgan fingerprint density at radius 3 is 2.48 bits per heavy atom. The highest BCUT2D eigenvalue weighted by Crippen LogP contribution is 2.36. The average Bonchev–Trinajstić information content (AvgIpc) is 2.86. The maximum atomic E-state index is 12.5. The van der Waals surface area contributed by atoms with Gasteiger partial charge in [-0.05, 0) is 39.0 Å². The van der Waals surface area contributed by atoms with Crippen LogP contribution in [0.4, 0.5) is 4.79 Å². The molecule has 156 valence electrons. The van der Waals surface area contributed by atoms with Crippen LogP contribution in [0.15, 0.2) is 0 Å². The van der Waals surface area contributed by atoms with E-state index in [0.29, 0.717) is 12.3 Å². The first-order valence-corrected chi connectivity index (χ1v) is 10.5. The quantitative estimate of drug-likeness (QED) is 0.682. The molecule has 2 aliphatic rings. The fourth-order valence-electron chi connectivity index (χ4n) is 4.21. The lowest BCUT2D eigenvalue weighted by Crippen LogP contribution is -2.52. The van der Waals surface area contributed by atoms with E-state index in [1.165, 1.54) is 19.3 Å². The van der Waals surface area contributed by atoms with Crippen LogP contribution in [-0.4, -0.2) is 41.0 Å². The van der Waals surface area contributed by atoms with Crippen LogP contribution in [0.5, 0.6) is 0 Å². The van der Waals surface area contributed by atoms with Gasteiger partial charge in [-0.15, -0.1) is 0 Å². The molecule has 2 rings (SSSR count). The van der Waals surface area contributed by atoms with Crippen LogP contribution < -0.4 is 5.32 Å². The van der Waals surface area contributed by atoms with Gasteiger partial charge in [-0.25, -0.2) is 4.79 Å². The predicted molar refractivity (Wildman–Crippen MR) is 103 cm³/mol. The molecule has 0 aromatic carbocycles. The largest absolute Gasteiger partial charge is 0.457 e. The second-order valence-corrected chi connectivity index (χ2v) is 9.30. The second-order valence-electron chi connectivity index (χ2n) is 9.30. The van der Waals surface area contributed by atoms with E-state index in [4.69, 9.17) is 9.47 Å². The van der Waals surface area contributed by atoms with Crippen molar-refractivity contribution in [2.45, 2.75) is 103 Å². The zero-order valence-electron chi connectivity index (χ0n) is 17.5. The molecule has 5 atom stereocenters. The second kappa shape index (κ2) is 9.26. The number of aliphatic hydroxyl groups excluding tert-OH is 1. The van der Waals surface area contributed by atoms with Gasteiger partial charge < -0.3 is 19.9 Å². The van der Waals surface area contributed by atoms with Crippen LogP contribution in [0.1, 0.15) is 79.6 Å². The van der Waals surface area contributed by atoms with Gasteiger partial charge in [-0.2, -0.15) is 0 Å².